The van der Waals surface area contributed by atoms with Gasteiger partial charge >= 0.3 is 0 Å². The lowest BCUT2D eigenvalue weighted by Gasteiger charge is -2.08. The first-order valence-electron chi connectivity index (χ1n) is 6.57. The van der Waals surface area contributed by atoms with E-state index in [-0.39, 0.29) is 5.91 Å². The average molecular weight is 383 g/mol. The van der Waals surface area contributed by atoms with Crippen molar-refractivity contribution in [1.82, 2.24) is 15.1 Å². The maximum absolute atomic E-state index is 12.3. The predicted molar refractivity (Wildman–Crippen MR) is 87.7 cm³/mol. The topological polar surface area (TPSA) is 46.9 Å². The zero-order valence-corrected chi connectivity index (χ0v) is 14.1. The van der Waals surface area contributed by atoms with Crippen molar-refractivity contribution in [1.29, 1.82) is 0 Å². The second kappa shape index (κ2) is 6.39. The van der Waals surface area contributed by atoms with Gasteiger partial charge in [0.25, 0.3) is 5.91 Å². The molecule has 20 heavy (non-hydrogen) atoms. The van der Waals surface area contributed by atoms with E-state index in [4.69, 9.17) is 0 Å². The molecule has 106 valence electrons. The molecule has 0 spiro atoms. The summed E-state index contributed by atoms with van der Waals surface area (Å²) < 4.78 is 2.79. The van der Waals surface area contributed by atoms with Crippen LogP contribution in [0.1, 0.15) is 34.1 Å². The summed E-state index contributed by atoms with van der Waals surface area (Å²) in [5.41, 5.74) is 3.96. The average Bonchev–Trinajstić information content (AvgIpc) is 2.79. The first-order valence-corrected chi connectivity index (χ1v) is 7.65. The maximum Gasteiger partial charge on any atom is 0.252 e. The highest BCUT2D eigenvalue weighted by Gasteiger charge is 2.12. The lowest BCUT2D eigenvalue weighted by Crippen LogP contribution is -2.24. The Balaban J connectivity index is 2.10. The molecule has 1 aromatic heterocycles. The van der Waals surface area contributed by atoms with Crippen molar-refractivity contribution in [2.75, 3.05) is 0 Å². The van der Waals surface area contributed by atoms with E-state index in [2.05, 4.69) is 39.9 Å². The van der Waals surface area contributed by atoms with Crippen molar-refractivity contribution in [2.45, 2.75) is 26.8 Å². The number of benzene rings is 1. The zero-order chi connectivity index (χ0) is 14.7. The van der Waals surface area contributed by atoms with Gasteiger partial charge in [-0.15, -0.1) is 0 Å². The lowest BCUT2D eigenvalue weighted by atomic mass is 10.1. The van der Waals surface area contributed by atoms with Crippen LogP contribution in [0, 0.1) is 10.5 Å². The third-order valence-electron chi connectivity index (χ3n) is 3.20. The fourth-order valence-corrected chi connectivity index (χ4v) is 2.73. The Kier molecular flexibility index (Phi) is 4.80. The van der Waals surface area contributed by atoms with Gasteiger partial charge in [-0.3, -0.25) is 9.48 Å². The van der Waals surface area contributed by atoms with Gasteiger partial charge in [-0.1, -0.05) is 19.1 Å². The SMILES string of the molecule is CCc1nn(C)cc1CNC(=O)c1cccc(C)c1I. The number of amides is 1. The number of carbonyl (C=O) groups excluding carboxylic acids is 1. The van der Waals surface area contributed by atoms with E-state index in [0.717, 1.165) is 32.4 Å². The maximum atomic E-state index is 12.3. The van der Waals surface area contributed by atoms with Crippen LogP contribution >= 0.6 is 22.6 Å². The molecule has 4 nitrogen and oxygen atoms in total. The summed E-state index contributed by atoms with van der Waals surface area (Å²) in [5, 5.41) is 7.35. The number of rotatable bonds is 4. The van der Waals surface area contributed by atoms with Crippen LogP contribution in [0.25, 0.3) is 0 Å². The van der Waals surface area contributed by atoms with Crippen molar-refractivity contribution in [2.24, 2.45) is 7.05 Å². The Hall–Kier alpha value is -1.37. The molecular weight excluding hydrogens is 365 g/mol. The minimum atomic E-state index is -0.0380. The minimum absolute atomic E-state index is 0.0380. The molecule has 1 amide bonds. The zero-order valence-electron chi connectivity index (χ0n) is 11.9. The molecule has 5 heteroatoms. The molecule has 2 aromatic rings. The third-order valence-corrected chi connectivity index (χ3v) is 4.63. The summed E-state index contributed by atoms with van der Waals surface area (Å²) in [6.45, 7) is 4.59. The van der Waals surface area contributed by atoms with Crippen molar-refractivity contribution in [3.8, 4) is 0 Å². The van der Waals surface area contributed by atoms with E-state index < -0.39 is 0 Å². The number of nitrogens with one attached hydrogen (secondary N) is 1. The van der Waals surface area contributed by atoms with Crippen LogP contribution in [0.5, 0.6) is 0 Å². The Morgan fingerprint density at radius 3 is 2.90 bits per heavy atom. The first-order chi connectivity index (χ1) is 9.52. The molecule has 0 fully saturated rings. The molecule has 0 atom stereocenters. The second-order valence-corrected chi connectivity index (χ2v) is 5.83. The summed E-state index contributed by atoms with van der Waals surface area (Å²) >= 11 is 2.22. The van der Waals surface area contributed by atoms with Crippen LogP contribution in [0.2, 0.25) is 0 Å². The fourth-order valence-electron chi connectivity index (χ4n) is 2.12. The van der Waals surface area contributed by atoms with Gasteiger partial charge in [0.15, 0.2) is 0 Å². The Labute approximate surface area is 132 Å². The highest BCUT2D eigenvalue weighted by atomic mass is 127. The lowest BCUT2D eigenvalue weighted by molar-refractivity contribution is 0.0950. The quantitative estimate of drug-likeness (QED) is 0.826. The molecule has 0 saturated carbocycles. The van der Waals surface area contributed by atoms with Gasteiger partial charge < -0.3 is 5.32 Å². The molecule has 0 aliphatic heterocycles. The highest BCUT2D eigenvalue weighted by molar-refractivity contribution is 14.1. The number of nitrogens with zero attached hydrogens (tertiary/aromatic N) is 2. The van der Waals surface area contributed by atoms with Gasteiger partial charge in [0.1, 0.15) is 0 Å². The highest BCUT2D eigenvalue weighted by Crippen LogP contribution is 2.16. The standard InChI is InChI=1S/C15H18IN3O/c1-4-13-11(9-19(3)18-13)8-17-15(20)12-7-5-6-10(2)14(12)16/h5-7,9H,4,8H2,1-3H3,(H,17,20). The fraction of sp³-hybridized carbons (Fsp3) is 0.333. The van der Waals surface area contributed by atoms with Crippen molar-refractivity contribution >= 4 is 28.5 Å². The molecule has 0 saturated heterocycles. The van der Waals surface area contributed by atoms with Crippen LogP contribution in [0.15, 0.2) is 24.4 Å². The minimum Gasteiger partial charge on any atom is -0.348 e. The second-order valence-electron chi connectivity index (χ2n) is 4.75. The van der Waals surface area contributed by atoms with Gasteiger partial charge in [-0.25, -0.2) is 0 Å². The van der Waals surface area contributed by atoms with Crippen LogP contribution in [0.4, 0.5) is 0 Å². The first kappa shape index (κ1) is 15.0. The van der Waals surface area contributed by atoms with Crippen molar-refractivity contribution < 1.29 is 4.79 Å². The molecule has 0 radical (unpaired) electrons. The molecule has 2 rings (SSSR count). The summed E-state index contributed by atoms with van der Waals surface area (Å²) in [6, 6.07) is 5.77. The van der Waals surface area contributed by atoms with Gasteiger partial charge in [-0.05, 0) is 47.6 Å². The largest absolute Gasteiger partial charge is 0.348 e. The van der Waals surface area contributed by atoms with E-state index in [9.17, 15) is 4.79 Å². The van der Waals surface area contributed by atoms with E-state index in [0.29, 0.717) is 6.54 Å². The number of aromatic nitrogens is 2. The van der Waals surface area contributed by atoms with E-state index >= 15 is 0 Å². The Morgan fingerprint density at radius 1 is 1.45 bits per heavy atom. The van der Waals surface area contributed by atoms with E-state index in [1.807, 2.05) is 38.4 Å². The molecule has 1 heterocycles. The molecule has 1 N–H and O–H groups in total. The number of halogens is 1. The van der Waals surface area contributed by atoms with Gasteiger partial charge in [0, 0.05) is 28.9 Å². The normalized spacial score (nSPS) is 10.6. The summed E-state index contributed by atoms with van der Waals surface area (Å²) in [4.78, 5) is 12.3. The van der Waals surface area contributed by atoms with E-state index in [1.54, 1.807) is 4.68 Å². The summed E-state index contributed by atoms with van der Waals surface area (Å²) in [6.07, 6.45) is 2.83. The molecular formula is C15H18IN3O. The molecule has 0 bridgehead atoms. The van der Waals surface area contributed by atoms with Crippen LogP contribution in [-0.4, -0.2) is 15.7 Å². The Bertz CT molecular complexity index is 634. The van der Waals surface area contributed by atoms with Gasteiger partial charge in [-0.2, -0.15) is 5.10 Å². The molecule has 0 aliphatic rings. The Morgan fingerprint density at radius 2 is 2.20 bits per heavy atom. The van der Waals surface area contributed by atoms with Crippen molar-refractivity contribution in [3.05, 3.63) is 50.4 Å². The number of carbonyl (C=O) groups is 1. The van der Waals surface area contributed by atoms with E-state index in [1.165, 1.54) is 0 Å². The molecule has 0 unspecified atom stereocenters. The molecule has 1 aromatic carbocycles. The van der Waals surface area contributed by atoms with Gasteiger partial charge in [0.2, 0.25) is 0 Å². The van der Waals surface area contributed by atoms with Crippen LogP contribution in [0.3, 0.4) is 0 Å². The third kappa shape index (κ3) is 3.20. The monoisotopic (exact) mass is 383 g/mol. The smallest absolute Gasteiger partial charge is 0.252 e. The van der Waals surface area contributed by atoms with Crippen LogP contribution in [-0.2, 0) is 20.0 Å². The summed E-state index contributed by atoms with van der Waals surface area (Å²) in [5.74, 6) is -0.0380. The number of hydrogen-bond acceptors (Lipinski definition) is 2. The predicted octanol–water partition coefficient (Wildman–Crippen LogP) is 2.83. The number of aryl methyl sites for hydroxylation is 3. The number of hydrogen-bond donors (Lipinski definition) is 1. The van der Waals surface area contributed by atoms with Crippen LogP contribution < -0.4 is 5.32 Å². The summed E-state index contributed by atoms with van der Waals surface area (Å²) in [7, 11) is 1.90. The molecule has 0 aliphatic carbocycles. The van der Waals surface area contributed by atoms with Gasteiger partial charge in [0.05, 0.1) is 11.3 Å². The van der Waals surface area contributed by atoms with Crippen molar-refractivity contribution in [3.63, 3.8) is 0 Å².